The zero-order valence-electron chi connectivity index (χ0n) is 14.0. The van der Waals surface area contributed by atoms with Gasteiger partial charge in [0.2, 0.25) is 0 Å². The van der Waals surface area contributed by atoms with E-state index in [1.165, 1.54) is 25.0 Å². The van der Waals surface area contributed by atoms with Gasteiger partial charge in [0, 0.05) is 12.2 Å². The van der Waals surface area contributed by atoms with E-state index in [2.05, 4.69) is 20.1 Å². The molecule has 0 heterocycles. The van der Waals surface area contributed by atoms with Crippen molar-refractivity contribution in [3.05, 3.63) is 25.3 Å². The Morgan fingerprint density at radius 3 is 2.43 bits per heavy atom. The lowest BCUT2D eigenvalue weighted by Crippen LogP contribution is -2.31. The lowest BCUT2D eigenvalue weighted by Gasteiger charge is -2.35. The highest BCUT2D eigenvalue weighted by atomic mass is 16.5. The van der Waals surface area contributed by atoms with Gasteiger partial charge in [-0.05, 0) is 55.3 Å². The molecule has 0 aromatic rings. The van der Waals surface area contributed by atoms with E-state index >= 15 is 0 Å². The van der Waals surface area contributed by atoms with Crippen molar-refractivity contribution >= 4 is 11.9 Å². The Morgan fingerprint density at radius 1 is 1.09 bits per heavy atom. The van der Waals surface area contributed by atoms with E-state index in [-0.39, 0.29) is 11.9 Å². The van der Waals surface area contributed by atoms with Crippen molar-refractivity contribution in [2.75, 3.05) is 13.2 Å². The summed E-state index contributed by atoms with van der Waals surface area (Å²) in [6, 6.07) is 0. The molecule has 0 amide bonds. The lowest BCUT2D eigenvalue weighted by molar-refractivity contribution is -0.140. The summed E-state index contributed by atoms with van der Waals surface area (Å²) in [4.78, 5) is 22.3. The first-order valence-electron chi connectivity index (χ1n) is 8.69. The zero-order chi connectivity index (χ0) is 16.8. The summed E-state index contributed by atoms with van der Waals surface area (Å²) in [5.74, 6) is 2.67. The van der Waals surface area contributed by atoms with Crippen LogP contribution in [0.25, 0.3) is 0 Å². The second kappa shape index (κ2) is 8.32. The second-order valence-corrected chi connectivity index (χ2v) is 6.74. The molecule has 2 aliphatic carbocycles. The van der Waals surface area contributed by atoms with Crippen molar-refractivity contribution < 1.29 is 19.1 Å². The summed E-state index contributed by atoms with van der Waals surface area (Å²) in [6.45, 7) is 10.1. The van der Waals surface area contributed by atoms with Gasteiger partial charge in [0.1, 0.15) is 0 Å². The predicted molar refractivity (Wildman–Crippen MR) is 88.5 cm³/mol. The molecule has 0 N–H and O–H groups in total. The molecule has 0 spiro atoms. The molecule has 2 aliphatic rings. The molecule has 4 heteroatoms. The van der Waals surface area contributed by atoms with Gasteiger partial charge in [-0.15, -0.1) is 0 Å². The predicted octanol–water partition coefficient (Wildman–Crippen LogP) is 3.52. The number of rotatable bonds is 9. The molecule has 5 atom stereocenters. The number of hydrogen-bond acceptors (Lipinski definition) is 4. The highest BCUT2D eigenvalue weighted by molar-refractivity contribution is 5.81. The molecule has 5 unspecified atom stereocenters. The van der Waals surface area contributed by atoms with Crippen LogP contribution in [0.2, 0.25) is 0 Å². The van der Waals surface area contributed by atoms with Crippen LogP contribution in [0.3, 0.4) is 0 Å². The van der Waals surface area contributed by atoms with E-state index in [4.69, 9.17) is 9.47 Å². The molecule has 2 saturated carbocycles. The van der Waals surface area contributed by atoms with Gasteiger partial charge >= 0.3 is 11.9 Å². The summed E-state index contributed by atoms with van der Waals surface area (Å²) in [7, 11) is 0. The molecule has 23 heavy (non-hydrogen) atoms. The number of carbonyl (C=O) groups is 2. The first-order valence-corrected chi connectivity index (χ1v) is 8.69. The minimum Gasteiger partial charge on any atom is -0.463 e. The Labute approximate surface area is 138 Å². The molecule has 0 aliphatic heterocycles. The van der Waals surface area contributed by atoms with Crippen molar-refractivity contribution in [3.63, 3.8) is 0 Å². The molecule has 2 fully saturated rings. The molecule has 2 rings (SSSR count). The normalized spacial score (nSPS) is 31.6. The van der Waals surface area contributed by atoms with Gasteiger partial charge in [-0.25, -0.2) is 9.59 Å². The maximum atomic E-state index is 11.3. The van der Waals surface area contributed by atoms with Crippen molar-refractivity contribution in [2.45, 2.75) is 39.0 Å². The van der Waals surface area contributed by atoms with Crippen molar-refractivity contribution in [1.82, 2.24) is 0 Å². The van der Waals surface area contributed by atoms with Crippen molar-refractivity contribution in [3.8, 4) is 0 Å². The van der Waals surface area contributed by atoms with Crippen LogP contribution in [-0.2, 0) is 19.1 Å². The Hall–Kier alpha value is -1.58. The molecule has 0 radical (unpaired) electrons. The van der Waals surface area contributed by atoms with Gasteiger partial charge in [-0.3, -0.25) is 0 Å². The van der Waals surface area contributed by atoms with Crippen LogP contribution >= 0.6 is 0 Å². The summed E-state index contributed by atoms with van der Waals surface area (Å²) in [5, 5.41) is 0. The zero-order valence-corrected chi connectivity index (χ0v) is 14.0. The molecular weight excluding hydrogens is 292 g/mol. The maximum Gasteiger partial charge on any atom is 0.330 e. The summed E-state index contributed by atoms with van der Waals surface area (Å²) in [6.07, 6.45) is 8.06. The fourth-order valence-electron chi connectivity index (χ4n) is 4.79. The van der Waals surface area contributed by atoms with Crippen LogP contribution in [0.5, 0.6) is 0 Å². The van der Waals surface area contributed by atoms with Gasteiger partial charge in [-0.1, -0.05) is 26.5 Å². The van der Waals surface area contributed by atoms with Gasteiger partial charge in [-0.2, -0.15) is 0 Å². The number of fused-ring (bicyclic) bond motifs is 2. The van der Waals surface area contributed by atoms with Gasteiger partial charge < -0.3 is 9.47 Å². The molecular formula is C19H28O4. The number of carbonyl (C=O) groups excluding carboxylic acids is 2. The highest BCUT2D eigenvalue weighted by Crippen LogP contribution is 2.57. The Bertz CT molecular complexity index is 456. The first kappa shape index (κ1) is 17.8. The van der Waals surface area contributed by atoms with E-state index in [0.29, 0.717) is 31.0 Å². The van der Waals surface area contributed by atoms with Crippen molar-refractivity contribution in [1.29, 1.82) is 0 Å². The molecule has 128 valence electrons. The quantitative estimate of drug-likeness (QED) is 0.370. The average molecular weight is 320 g/mol. The average Bonchev–Trinajstić information content (AvgIpc) is 3.13. The minimum absolute atomic E-state index is 0.318. The minimum atomic E-state index is -0.339. The fourth-order valence-corrected chi connectivity index (χ4v) is 4.79. The highest BCUT2D eigenvalue weighted by Gasteiger charge is 2.51. The molecule has 0 saturated heterocycles. The standard InChI is InChI=1S/C19H28O4/c1-4-15-16(8-7-9-22-18(20)5-2)13-10-14(17(15)11-13)12-23-19(21)6-3/h5-6,13-17H,2-4,7-12H2,1H3. The van der Waals surface area contributed by atoms with Crippen LogP contribution in [0.1, 0.15) is 39.0 Å². The second-order valence-electron chi connectivity index (χ2n) is 6.74. The third-order valence-electron chi connectivity index (χ3n) is 5.66. The van der Waals surface area contributed by atoms with Crippen LogP contribution < -0.4 is 0 Å². The van der Waals surface area contributed by atoms with Crippen LogP contribution in [-0.4, -0.2) is 25.2 Å². The summed E-state index contributed by atoms with van der Waals surface area (Å²) < 4.78 is 10.3. The smallest absolute Gasteiger partial charge is 0.330 e. The third kappa shape index (κ3) is 4.24. The Morgan fingerprint density at radius 2 is 1.78 bits per heavy atom. The van der Waals surface area contributed by atoms with E-state index in [9.17, 15) is 9.59 Å². The van der Waals surface area contributed by atoms with Crippen LogP contribution in [0, 0.1) is 29.6 Å². The van der Waals surface area contributed by atoms with Gasteiger partial charge in [0.15, 0.2) is 0 Å². The SMILES string of the molecule is C=CC(=O)OCCCC1C2CC(COC(=O)C=C)C(C2)C1CC. The molecule has 2 bridgehead atoms. The molecule has 0 aromatic heterocycles. The monoisotopic (exact) mass is 320 g/mol. The summed E-state index contributed by atoms with van der Waals surface area (Å²) >= 11 is 0. The van der Waals surface area contributed by atoms with Crippen molar-refractivity contribution in [2.24, 2.45) is 29.6 Å². The molecule has 4 nitrogen and oxygen atoms in total. The van der Waals surface area contributed by atoms with Gasteiger partial charge in [0.25, 0.3) is 0 Å². The van der Waals surface area contributed by atoms with E-state index in [1.54, 1.807) is 0 Å². The van der Waals surface area contributed by atoms with E-state index < -0.39 is 0 Å². The molecule has 0 aromatic carbocycles. The fraction of sp³-hybridized carbons (Fsp3) is 0.684. The number of ether oxygens (including phenoxy) is 2. The third-order valence-corrected chi connectivity index (χ3v) is 5.66. The Kier molecular flexibility index (Phi) is 6.43. The van der Waals surface area contributed by atoms with Crippen LogP contribution in [0.15, 0.2) is 25.3 Å². The van der Waals surface area contributed by atoms with Crippen LogP contribution in [0.4, 0.5) is 0 Å². The van der Waals surface area contributed by atoms with E-state index in [1.807, 2.05) is 0 Å². The lowest BCUT2D eigenvalue weighted by atomic mass is 9.71. The summed E-state index contributed by atoms with van der Waals surface area (Å²) in [5.41, 5.74) is 0. The largest absolute Gasteiger partial charge is 0.463 e. The topological polar surface area (TPSA) is 52.6 Å². The first-order chi connectivity index (χ1) is 11.1. The Balaban J connectivity index is 1.79. The van der Waals surface area contributed by atoms with Gasteiger partial charge in [0.05, 0.1) is 13.2 Å². The maximum absolute atomic E-state index is 11.3. The number of esters is 2. The van der Waals surface area contributed by atoms with E-state index in [0.717, 1.165) is 31.1 Å². The number of hydrogen-bond donors (Lipinski definition) is 0.